The van der Waals surface area contributed by atoms with E-state index in [0.29, 0.717) is 43.3 Å². The number of hydrogen-bond donors (Lipinski definition) is 0. The van der Waals surface area contributed by atoms with Crippen molar-refractivity contribution in [3.05, 3.63) is 35.8 Å². The number of ether oxygens (including phenoxy) is 3. The lowest BCUT2D eigenvalue weighted by Crippen LogP contribution is -2.34. The van der Waals surface area contributed by atoms with Crippen LogP contribution in [-0.4, -0.2) is 26.4 Å². The fraction of sp³-hybridized carbons (Fsp3) is 0.739. The zero-order chi connectivity index (χ0) is 20.5. The Kier molecular flexibility index (Phi) is 9.49. The van der Waals surface area contributed by atoms with Crippen molar-refractivity contribution >= 4 is 0 Å². The van der Waals surface area contributed by atoms with Crippen molar-refractivity contribution < 1.29 is 23.0 Å². The SMILES string of the molecule is C=CC1CCC(C2CCC(COC3=C(F)C(F)=C(OC)CC3)CC2)OC1.CC. The summed E-state index contributed by atoms with van der Waals surface area (Å²) >= 11 is 0. The number of hydrogen-bond acceptors (Lipinski definition) is 3. The Balaban J connectivity index is 0.00000136. The fourth-order valence-corrected chi connectivity index (χ4v) is 4.31. The molecular formula is C23H36F2O3. The van der Waals surface area contributed by atoms with Crippen molar-refractivity contribution in [2.75, 3.05) is 20.3 Å². The molecule has 3 aliphatic rings. The predicted octanol–water partition coefficient (Wildman–Crippen LogP) is 6.62. The smallest absolute Gasteiger partial charge is 0.199 e. The molecule has 28 heavy (non-hydrogen) atoms. The van der Waals surface area contributed by atoms with E-state index >= 15 is 0 Å². The quantitative estimate of drug-likeness (QED) is 0.471. The van der Waals surface area contributed by atoms with Crippen LogP contribution in [-0.2, 0) is 14.2 Å². The summed E-state index contributed by atoms with van der Waals surface area (Å²) in [6.45, 7) is 9.12. The second kappa shape index (κ2) is 11.6. The van der Waals surface area contributed by atoms with Gasteiger partial charge in [0.1, 0.15) is 11.5 Å². The average molecular weight is 399 g/mol. The molecule has 0 aromatic carbocycles. The van der Waals surface area contributed by atoms with Crippen LogP contribution in [0, 0.1) is 17.8 Å². The van der Waals surface area contributed by atoms with E-state index in [1.165, 1.54) is 13.5 Å². The van der Waals surface area contributed by atoms with Crippen LogP contribution in [0.1, 0.15) is 65.2 Å². The van der Waals surface area contributed by atoms with Gasteiger partial charge in [0.15, 0.2) is 11.7 Å². The van der Waals surface area contributed by atoms with E-state index in [0.717, 1.165) is 38.7 Å². The minimum atomic E-state index is -0.912. The van der Waals surface area contributed by atoms with Gasteiger partial charge in [-0.2, -0.15) is 8.78 Å². The lowest BCUT2D eigenvalue weighted by molar-refractivity contribution is -0.0513. The first-order valence-electron chi connectivity index (χ1n) is 10.8. The zero-order valence-corrected chi connectivity index (χ0v) is 17.6. The predicted molar refractivity (Wildman–Crippen MR) is 108 cm³/mol. The highest BCUT2D eigenvalue weighted by Crippen LogP contribution is 2.38. The second-order valence-corrected chi connectivity index (χ2v) is 7.72. The maximum atomic E-state index is 14.0. The summed E-state index contributed by atoms with van der Waals surface area (Å²) in [6.07, 6.45) is 9.75. The third kappa shape index (κ3) is 5.82. The van der Waals surface area contributed by atoms with E-state index in [1.807, 2.05) is 19.9 Å². The molecule has 5 heteroatoms. The first-order valence-corrected chi connectivity index (χ1v) is 10.8. The Hall–Kier alpha value is -1.36. The van der Waals surface area contributed by atoms with E-state index in [1.54, 1.807) is 0 Å². The standard InChI is InChI=1S/C21H30F2O3.C2H6/c1-3-14-6-9-17(25-12-14)16-7-4-15(5-8-16)13-26-19-11-10-18(24-2)20(22)21(19)23;1-2/h3,14-17H,1,4-13H2,2H3;1-2H3. The van der Waals surface area contributed by atoms with Gasteiger partial charge in [-0.1, -0.05) is 19.9 Å². The number of halogens is 2. The summed E-state index contributed by atoms with van der Waals surface area (Å²) in [5.74, 6) is -0.0705. The van der Waals surface area contributed by atoms with Gasteiger partial charge in [-0.05, 0) is 50.4 Å². The molecule has 1 heterocycles. The van der Waals surface area contributed by atoms with Crippen LogP contribution < -0.4 is 0 Å². The maximum absolute atomic E-state index is 14.0. The Labute approximate surface area is 168 Å². The molecule has 1 saturated heterocycles. The van der Waals surface area contributed by atoms with Crippen LogP contribution in [0.2, 0.25) is 0 Å². The van der Waals surface area contributed by atoms with Gasteiger partial charge in [-0.3, -0.25) is 0 Å². The fourth-order valence-electron chi connectivity index (χ4n) is 4.31. The van der Waals surface area contributed by atoms with Crippen LogP contribution in [0.25, 0.3) is 0 Å². The Morgan fingerprint density at radius 1 is 1.00 bits per heavy atom. The Morgan fingerprint density at radius 3 is 2.21 bits per heavy atom. The third-order valence-electron chi connectivity index (χ3n) is 6.10. The van der Waals surface area contributed by atoms with E-state index in [-0.39, 0.29) is 11.5 Å². The summed E-state index contributed by atoms with van der Waals surface area (Å²) in [6, 6.07) is 0. The van der Waals surface area contributed by atoms with Crippen molar-refractivity contribution in [3.63, 3.8) is 0 Å². The maximum Gasteiger partial charge on any atom is 0.199 e. The molecule has 160 valence electrons. The first-order chi connectivity index (χ1) is 13.6. The third-order valence-corrected chi connectivity index (χ3v) is 6.10. The minimum absolute atomic E-state index is 0.0709. The van der Waals surface area contributed by atoms with Crippen molar-refractivity contribution in [1.82, 2.24) is 0 Å². The van der Waals surface area contributed by atoms with E-state index < -0.39 is 11.7 Å². The van der Waals surface area contributed by atoms with Gasteiger partial charge < -0.3 is 14.2 Å². The zero-order valence-electron chi connectivity index (χ0n) is 17.6. The van der Waals surface area contributed by atoms with Crippen LogP contribution >= 0.6 is 0 Å². The second-order valence-electron chi connectivity index (χ2n) is 7.72. The molecule has 1 aliphatic heterocycles. The highest BCUT2D eigenvalue weighted by molar-refractivity contribution is 5.29. The van der Waals surface area contributed by atoms with Crippen molar-refractivity contribution in [2.45, 2.75) is 71.3 Å². The van der Waals surface area contributed by atoms with Gasteiger partial charge >= 0.3 is 0 Å². The molecule has 0 amide bonds. The van der Waals surface area contributed by atoms with Crippen LogP contribution in [0.4, 0.5) is 8.78 Å². The minimum Gasteiger partial charge on any atom is -0.498 e. The van der Waals surface area contributed by atoms with Gasteiger partial charge in [0.05, 0.1) is 26.4 Å². The largest absolute Gasteiger partial charge is 0.498 e. The summed E-state index contributed by atoms with van der Waals surface area (Å²) in [7, 11) is 1.36. The monoisotopic (exact) mass is 398 g/mol. The molecule has 3 rings (SSSR count). The summed E-state index contributed by atoms with van der Waals surface area (Å²) in [5, 5.41) is 0. The number of rotatable bonds is 6. The van der Waals surface area contributed by atoms with Crippen LogP contribution in [0.3, 0.4) is 0 Å². The van der Waals surface area contributed by atoms with Crippen molar-refractivity contribution in [2.24, 2.45) is 17.8 Å². The average Bonchev–Trinajstić information content (AvgIpc) is 2.77. The highest BCUT2D eigenvalue weighted by atomic mass is 19.2. The first kappa shape index (κ1) is 22.9. The lowest BCUT2D eigenvalue weighted by atomic mass is 9.77. The van der Waals surface area contributed by atoms with E-state index in [2.05, 4.69) is 6.58 Å². The Morgan fingerprint density at radius 2 is 1.64 bits per heavy atom. The van der Waals surface area contributed by atoms with Gasteiger partial charge in [-0.25, -0.2) is 0 Å². The summed E-state index contributed by atoms with van der Waals surface area (Å²) in [5.41, 5.74) is 0. The van der Waals surface area contributed by atoms with E-state index in [9.17, 15) is 8.78 Å². The van der Waals surface area contributed by atoms with Gasteiger partial charge in [0.25, 0.3) is 0 Å². The molecule has 0 aromatic rings. The molecule has 2 unspecified atom stereocenters. The molecule has 2 atom stereocenters. The van der Waals surface area contributed by atoms with Gasteiger partial charge in [0.2, 0.25) is 0 Å². The molecule has 0 aromatic heterocycles. The Bertz CT molecular complexity index is 554. The topological polar surface area (TPSA) is 27.7 Å². The van der Waals surface area contributed by atoms with E-state index in [4.69, 9.17) is 14.2 Å². The summed E-state index contributed by atoms with van der Waals surface area (Å²) < 4.78 is 44.3. The molecule has 2 aliphatic carbocycles. The highest BCUT2D eigenvalue weighted by Gasteiger charge is 2.32. The molecule has 3 nitrogen and oxygen atoms in total. The van der Waals surface area contributed by atoms with Gasteiger partial charge in [-0.15, -0.1) is 6.58 Å². The number of allylic oxidation sites excluding steroid dienone is 4. The summed E-state index contributed by atoms with van der Waals surface area (Å²) in [4.78, 5) is 0. The van der Waals surface area contributed by atoms with Crippen LogP contribution in [0.5, 0.6) is 0 Å². The molecule has 0 N–H and O–H groups in total. The molecular weight excluding hydrogens is 362 g/mol. The molecule has 2 fully saturated rings. The number of methoxy groups -OCH3 is 1. The normalized spacial score (nSPS) is 31.0. The molecule has 0 spiro atoms. The molecule has 0 radical (unpaired) electrons. The van der Waals surface area contributed by atoms with Gasteiger partial charge in [0, 0.05) is 18.8 Å². The van der Waals surface area contributed by atoms with Crippen molar-refractivity contribution in [1.29, 1.82) is 0 Å². The molecule has 1 saturated carbocycles. The van der Waals surface area contributed by atoms with Crippen LogP contribution in [0.15, 0.2) is 35.8 Å². The molecule has 0 bridgehead atoms. The van der Waals surface area contributed by atoms with Crippen molar-refractivity contribution in [3.8, 4) is 0 Å². The lowest BCUT2D eigenvalue weighted by Gasteiger charge is -2.37.